The van der Waals surface area contributed by atoms with Crippen molar-refractivity contribution >= 4 is 52.2 Å². The van der Waals surface area contributed by atoms with E-state index in [0.29, 0.717) is 26.9 Å². The van der Waals surface area contributed by atoms with Crippen LogP contribution >= 0.6 is 23.2 Å². The smallest absolute Gasteiger partial charge is 0.308 e. The second-order valence-electron chi connectivity index (χ2n) is 6.14. The first-order valence-corrected chi connectivity index (χ1v) is 9.06. The number of carbonyl (C=O) groups excluding carboxylic acids is 3. The molecular formula is C21H12Cl2N2O3. The predicted octanol–water partition coefficient (Wildman–Crippen LogP) is 5.41. The highest BCUT2D eigenvalue weighted by molar-refractivity contribution is 6.42. The molecule has 3 aromatic rings. The third-order valence-electron chi connectivity index (χ3n) is 4.38. The molecule has 0 spiro atoms. The monoisotopic (exact) mass is 410 g/mol. The van der Waals surface area contributed by atoms with Gasteiger partial charge in [0.25, 0.3) is 0 Å². The lowest BCUT2D eigenvalue weighted by Crippen LogP contribution is -2.25. The summed E-state index contributed by atoms with van der Waals surface area (Å²) in [4.78, 5) is 38.1. The normalized spacial score (nSPS) is 12.2. The Balaban J connectivity index is 1.65. The minimum Gasteiger partial charge on any atom is -0.308 e. The zero-order valence-electron chi connectivity index (χ0n) is 14.3. The molecule has 0 atom stereocenters. The number of hydrogen-bond acceptors (Lipinski definition) is 3. The molecule has 0 radical (unpaired) electrons. The molecule has 1 aliphatic rings. The van der Waals surface area contributed by atoms with E-state index in [1.165, 1.54) is 6.07 Å². The van der Waals surface area contributed by atoms with Gasteiger partial charge in [-0.15, -0.1) is 0 Å². The third kappa shape index (κ3) is 3.15. The number of benzene rings is 3. The molecule has 5 nitrogen and oxygen atoms in total. The molecule has 2 N–H and O–H groups in total. The van der Waals surface area contributed by atoms with E-state index in [1.54, 1.807) is 54.6 Å². The summed E-state index contributed by atoms with van der Waals surface area (Å²) in [6.07, 6.45) is 0. The minimum atomic E-state index is -0.578. The molecule has 0 bridgehead atoms. The highest BCUT2D eigenvalue weighted by atomic mass is 35.5. The summed E-state index contributed by atoms with van der Waals surface area (Å²) in [7, 11) is 0. The van der Waals surface area contributed by atoms with Gasteiger partial charge in [0.05, 0.1) is 21.3 Å². The van der Waals surface area contributed by atoms with Gasteiger partial charge < -0.3 is 10.6 Å². The number of rotatable bonds is 2. The lowest BCUT2D eigenvalue weighted by atomic mass is 9.83. The number of halogens is 2. The number of amides is 2. The number of carbonyl (C=O) groups is 3. The first-order chi connectivity index (χ1) is 13.5. The van der Waals surface area contributed by atoms with Gasteiger partial charge in [-0.1, -0.05) is 59.6 Å². The Morgan fingerprint density at radius 3 is 2.11 bits per heavy atom. The van der Waals surface area contributed by atoms with Gasteiger partial charge in [0.2, 0.25) is 0 Å². The van der Waals surface area contributed by atoms with Crippen LogP contribution < -0.4 is 10.6 Å². The zero-order valence-corrected chi connectivity index (χ0v) is 15.8. The van der Waals surface area contributed by atoms with Gasteiger partial charge in [-0.25, -0.2) is 4.79 Å². The molecule has 4 rings (SSSR count). The van der Waals surface area contributed by atoms with Crippen LogP contribution in [0.25, 0.3) is 0 Å². The second kappa shape index (κ2) is 7.11. The number of anilines is 2. The van der Waals surface area contributed by atoms with Crippen molar-refractivity contribution in [2.75, 3.05) is 10.6 Å². The first kappa shape index (κ1) is 18.2. The summed E-state index contributed by atoms with van der Waals surface area (Å²) < 4.78 is 0. The Bertz CT molecular complexity index is 1160. The van der Waals surface area contributed by atoms with E-state index in [-0.39, 0.29) is 28.4 Å². The van der Waals surface area contributed by atoms with Crippen molar-refractivity contribution in [3.05, 3.63) is 93.0 Å². The average molecular weight is 411 g/mol. The summed E-state index contributed by atoms with van der Waals surface area (Å²) in [6, 6.07) is 15.5. The Morgan fingerprint density at radius 2 is 1.39 bits per heavy atom. The summed E-state index contributed by atoms with van der Waals surface area (Å²) in [5, 5.41) is 5.92. The van der Waals surface area contributed by atoms with Crippen LogP contribution in [0.4, 0.5) is 16.2 Å². The number of fused-ring (bicyclic) bond motifs is 2. The highest BCUT2D eigenvalue weighted by Crippen LogP contribution is 2.32. The fourth-order valence-electron chi connectivity index (χ4n) is 3.11. The topological polar surface area (TPSA) is 75.3 Å². The molecule has 0 aliphatic heterocycles. The Labute approximate surface area is 170 Å². The van der Waals surface area contributed by atoms with Crippen LogP contribution in [-0.2, 0) is 0 Å². The van der Waals surface area contributed by atoms with Gasteiger partial charge in [0.15, 0.2) is 11.6 Å². The van der Waals surface area contributed by atoms with Crippen LogP contribution in [0.1, 0.15) is 31.8 Å². The Hall–Kier alpha value is -3.15. The van der Waals surface area contributed by atoms with Gasteiger partial charge in [0.1, 0.15) is 0 Å². The molecule has 28 heavy (non-hydrogen) atoms. The molecule has 7 heteroatoms. The number of urea groups is 1. The van der Waals surface area contributed by atoms with E-state index in [1.807, 2.05) is 0 Å². The zero-order chi connectivity index (χ0) is 19.8. The fourth-order valence-corrected chi connectivity index (χ4v) is 3.41. The largest absolute Gasteiger partial charge is 0.323 e. The Morgan fingerprint density at radius 1 is 0.714 bits per heavy atom. The van der Waals surface area contributed by atoms with Gasteiger partial charge >= 0.3 is 6.03 Å². The van der Waals surface area contributed by atoms with Gasteiger partial charge in [0, 0.05) is 22.4 Å². The quantitative estimate of drug-likeness (QED) is 0.463. The molecule has 3 aromatic carbocycles. The number of hydrogen-bond donors (Lipinski definition) is 2. The van der Waals surface area contributed by atoms with E-state index in [0.717, 1.165) is 0 Å². The molecule has 0 aromatic heterocycles. The molecule has 1 aliphatic carbocycles. The Kier molecular flexibility index (Phi) is 4.63. The van der Waals surface area contributed by atoms with Crippen LogP contribution in [0.3, 0.4) is 0 Å². The van der Waals surface area contributed by atoms with Crippen molar-refractivity contribution in [2.45, 2.75) is 0 Å². The molecular weight excluding hydrogens is 399 g/mol. The van der Waals surface area contributed by atoms with E-state index < -0.39 is 6.03 Å². The lowest BCUT2D eigenvalue weighted by Gasteiger charge is -2.20. The standard InChI is InChI=1S/C21H12Cl2N2O3/c22-15-9-8-11(10-16(15)23)24-21(28)25-17-7-3-6-14-18(17)20(27)13-5-2-1-4-12(13)19(14)26/h1-10H,(H2,24,25,28). The van der Waals surface area contributed by atoms with Crippen molar-refractivity contribution in [1.82, 2.24) is 0 Å². The maximum absolute atomic E-state index is 12.9. The number of nitrogens with one attached hydrogen (secondary N) is 2. The van der Waals surface area contributed by atoms with E-state index in [2.05, 4.69) is 10.6 Å². The van der Waals surface area contributed by atoms with Gasteiger partial charge in [-0.05, 0) is 24.3 Å². The number of ketones is 2. The molecule has 0 fully saturated rings. The van der Waals surface area contributed by atoms with Crippen molar-refractivity contribution < 1.29 is 14.4 Å². The summed E-state index contributed by atoms with van der Waals surface area (Å²) >= 11 is 11.8. The molecule has 0 saturated carbocycles. The third-order valence-corrected chi connectivity index (χ3v) is 5.12. The van der Waals surface area contributed by atoms with Gasteiger partial charge in [-0.3, -0.25) is 9.59 Å². The van der Waals surface area contributed by atoms with Crippen molar-refractivity contribution in [1.29, 1.82) is 0 Å². The molecule has 0 unspecified atom stereocenters. The fraction of sp³-hybridized carbons (Fsp3) is 0. The summed E-state index contributed by atoms with van der Waals surface area (Å²) in [6.45, 7) is 0. The maximum Gasteiger partial charge on any atom is 0.323 e. The lowest BCUT2D eigenvalue weighted by molar-refractivity contribution is 0.0979. The van der Waals surface area contributed by atoms with Gasteiger partial charge in [-0.2, -0.15) is 0 Å². The van der Waals surface area contributed by atoms with Crippen molar-refractivity contribution in [3.8, 4) is 0 Å². The minimum absolute atomic E-state index is 0.176. The van der Waals surface area contributed by atoms with E-state index >= 15 is 0 Å². The predicted molar refractivity (Wildman–Crippen MR) is 109 cm³/mol. The molecule has 138 valence electrons. The van der Waals surface area contributed by atoms with Crippen LogP contribution in [-0.4, -0.2) is 17.6 Å². The molecule has 0 heterocycles. The van der Waals surface area contributed by atoms with Crippen LogP contribution in [0, 0.1) is 0 Å². The van der Waals surface area contributed by atoms with E-state index in [9.17, 15) is 14.4 Å². The van der Waals surface area contributed by atoms with Crippen LogP contribution in [0.15, 0.2) is 60.7 Å². The SMILES string of the molecule is O=C(Nc1ccc(Cl)c(Cl)c1)Nc1cccc2c1C(=O)c1ccccc1C2=O. The second-order valence-corrected chi connectivity index (χ2v) is 6.95. The summed E-state index contributed by atoms with van der Waals surface area (Å²) in [5.41, 5.74) is 1.80. The van der Waals surface area contributed by atoms with Crippen LogP contribution in [0.2, 0.25) is 10.0 Å². The van der Waals surface area contributed by atoms with Crippen LogP contribution in [0.5, 0.6) is 0 Å². The van der Waals surface area contributed by atoms with Crippen molar-refractivity contribution in [3.63, 3.8) is 0 Å². The first-order valence-electron chi connectivity index (χ1n) is 8.30. The summed E-state index contributed by atoms with van der Waals surface area (Å²) in [5.74, 6) is -0.561. The molecule has 2 amide bonds. The van der Waals surface area contributed by atoms with E-state index in [4.69, 9.17) is 23.2 Å². The molecule has 0 saturated heterocycles. The van der Waals surface area contributed by atoms with Crippen molar-refractivity contribution in [2.24, 2.45) is 0 Å². The maximum atomic E-state index is 12.9. The average Bonchev–Trinajstić information content (AvgIpc) is 2.69. The highest BCUT2D eigenvalue weighted by Gasteiger charge is 2.31.